The predicted molar refractivity (Wildman–Crippen MR) is 133 cm³/mol. The van der Waals surface area contributed by atoms with Crippen LogP contribution in [0.1, 0.15) is 59.1 Å². The zero-order valence-corrected chi connectivity index (χ0v) is 20.7. The number of carbonyl (C=O) groups excluding carboxylic acids is 1. The number of halogens is 2. The summed E-state index contributed by atoms with van der Waals surface area (Å²) in [6.45, 7) is 3.23. The molecule has 0 bridgehead atoms. The Morgan fingerprint density at radius 3 is 2.75 bits per heavy atom. The highest BCUT2D eigenvalue weighted by Gasteiger charge is 2.46. The number of hydrogen-bond acceptors (Lipinski definition) is 7. The minimum Gasteiger partial charge on any atom is -0.458 e. The van der Waals surface area contributed by atoms with Gasteiger partial charge in [0.1, 0.15) is 12.4 Å². The van der Waals surface area contributed by atoms with Crippen molar-refractivity contribution in [3.05, 3.63) is 61.7 Å². The average molecular weight is 516 g/mol. The van der Waals surface area contributed by atoms with E-state index < -0.39 is 17.6 Å². The maximum absolute atomic E-state index is 14.9. The first-order valence-electron chi connectivity index (χ1n) is 11.9. The highest BCUT2D eigenvalue weighted by Crippen LogP contribution is 2.47. The molecule has 3 aliphatic rings. The highest BCUT2D eigenvalue weighted by atomic mass is 35.5. The van der Waals surface area contributed by atoms with Crippen molar-refractivity contribution in [1.29, 1.82) is 0 Å². The fraction of sp³-hybridized carbons (Fsp3) is 0.423. The third-order valence-corrected chi connectivity index (χ3v) is 8.15. The maximum atomic E-state index is 14.9. The number of aryl methyl sites for hydroxylation is 1. The molecule has 0 saturated heterocycles. The molecule has 4 heterocycles. The summed E-state index contributed by atoms with van der Waals surface area (Å²) in [5.74, 6) is -1.32. The van der Waals surface area contributed by atoms with E-state index in [9.17, 15) is 24.2 Å². The fourth-order valence-electron chi connectivity index (χ4n) is 6.15. The molecule has 0 spiro atoms. The van der Waals surface area contributed by atoms with Crippen molar-refractivity contribution in [3.8, 4) is 11.4 Å². The largest absolute Gasteiger partial charge is 0.458 e. The number of ether oxygens (including phenoxy) is 1. The number of aromatic nitrogens is 2. The van der Waals surface area contributed by atoms with Crippen LogP contribution in [0.3, 0.4) is 0 Å². The molecule has 36 heavy (non-hydrogen) atoms. The number of cyclic esters (lactones) is 1. The van der Waals surface area contributed by atoms with Gasteiger partial charge in [-0.25, -0.2) is 14.2 Å². The van der Waals surface area contributed by atoms with Crippen LogP contribution in [0.2, 0.25) is 0 Å². The second-order valence-corrected chi connectivity index (χ2v) is 9.80. The second kappa shape index (κ2) is 8.34. The van der Waals surface area contributed by atoms with Gasteiger partial charge in [0, 0.05) is 34.5 Å². The molecule has 8 nitrogen and oxygen atoms in total. The molecule has 0 radical (unpaired) electrons. The summed E-state index contributed by atoms with van der Waals surface area (Å²) >= 11 is 0. The lowest BCUT2D eigenvalue weighted by molar-refractivity contribution is -0.172. The van der Waals surface area contributed by atoms with Crippen molar-refractivity contribution >= 4 is 29.3 Å². The standard InChI is InChI=1S/C26H26FN3O5.ClH/c1-3-26(34)16-6-20-23-14(8-30(20)24(32)15(16)10-35-25(26)33)21-13(18(28)9-31)5-4-12-11(2)17(27)7-19(29-23)22(12)21;/h6-7,13,18,31,34H,3-5,8-10,28H2,1-2H3;1H/t13-,18+,26-;/m0./s1. The van der Waals surface area contributed by atoms with E-state index in [-0.39, 0.29) is 67.0 Å². The van der Waals surface area contributed by atoms with Gasteiger partial charge in [-0.05, 0) is 48.9 Å². The number of nitrogens with zero attached hydrogens (tertiary/aromatic N) is 2. The Morgan fingerprint density at radius 1 is 1.31 bits per heavy atom. The van der Waals surface area contributed by atoms with E-state index >= 15 is 0 Å². The first kappa shape index (κ1) is 24.8. The summed E-state index contributed by atoms with van der Waals surface area (Å²) < 4.78 is 21.6. The lowest BCUT2D eigenvalue weighted by Gasteiger charge is -2.32. The van der Waals surface area contributed by atoms with E-state index in [4.69, 9.17) is 15.5 Å². The molecule has 10 heteroatoms. The zero-order chi connectivity index (χ0) is 24.8. The topological polar surface area (TPSA) is 128 Å². The van der Waals surface area contributed by atoms with Crippen molar-refractivity contribution < 1.29 is 24.1 Å². The van der Waals surface area contributed by atoms with Crippen LogP contribution in [0.15, 0.2) is 16.9 Å². The molecule has 0 fully saturated rings. The van der Waals surface area contributed by atoms with Gasteiger partial charge >= 0.3 is 5.97 Å². The minimum absolute atomic E-state index is 0. The molecular weight excluding hydrogens is 489 g/mol. The number of carbonyl (C=O) groups is 1. The van der Waals surface area contributed by atoms with Crippen molar-refractivity contribution in [3.63, 3.8) is 0 Å². The van der Waals surface area contributed by atoms with Gasteiger partial charge in [-0.1, -0.05) is 6.92 Å². The van der Waals surface area contributed by atoms with E-state index in [1.807, 2.05) is 0 Å². The molecular formula is C26H27ClFN3O5. The first-order valence-corrected chi connectivity index (χ1v) is 11.9. The third-order valence-electron chi connectivity index (χ3n) is 8.15. The van der Waals surface area contributed by atoms with Crippen molar-refractivity contribution in [2.75, 3.05) is 6.61 Å². The Hall–Kier alpha value is -2.85. The lowest BCUT2D eigenvalue weighted by Crippen LogP contribution is -2.44. The number of aliphatic hydroxyl groups is 2. The molecule has 3 atom stereocenters. The Balaban J connectivity index is 0.00000267. The molecule has 2 aromatic heterocycles. The SMILES string of the molecule is CC[C@@]1(O)C(=O)OCc2c1cc1n(c2=O)Cc2c-1nc1cc(F)c(C)c3c1c2[C@H]([C@H](N)CO)CC3.Cl. The van der Waals surface area contributed by atoms with Gasteiger partial charge in [0.2, 0.25) is 0 Å². The van der Waals surface area contributed by atoms with Crippen LogP contribution in [0.25, 0.3) is 22.3 Å². The van der Waals surface area contributed by atoms with Gasteiger partial charge in [-0.3, -0.25) is 4.79 Å². The Bertz CT molecular complexity index is 1520. The average Bonchev–Trinajstić information content (AvgIpc) is 3.23. The highest BCUT2D eigenvalue weighted by molar-refractivity contribution is 5.93. The van der Waals surface area contributed by atoms with Crippen LogP contribution in [0.5, 0.6) is 0 Å². The van der Waals surface area contributed by atoms with Gasteiger partial charge in [0.25, 0.3) is 5.56 Å². The van der Waals surface area contributed by atoms with E-state index in [1.165, 1.54) is 6.07 Å². The molecule has 1 aromatic carbocycles. The van der Waals surface area contributed by atoms with Crippen molar-refractivity contribution in [1.82, 2.24) is 9.55 Å². The van der Waals surface area contributed by atoms with Crippen molar-refractivity contribution in [2.24, 2.45) is 5.73 Å². The lowest BCUT2D eigenvalue weighted by atomic mass is 9.75. The second-order valence-electron chi connectivity index (χ2n) is 9.80. The minimum atomic E-state index is -1.92. The molecule has 3 aromatic rings. The quantitative estimate of drug-likeness (QED) is 0.357. The Morgan fingerprint density at radius 2 is 2.06 bits per heavy atom. The van der Waals surface area contributed by atoms with E-state index in [0.717, 1.165) is 22.1 Å². The molecule has 6 rings (SSSR count). The summed E-state index contributed by atoms with van der Waals surface area (Å²) in [5, 5.41) is 21.8. The summed E-state index contributed by atoms with van der Waals surface area (Å²) in [6.07, 6.45) is 1.31. The summed E-state index contributed by atoms with van der Waals surface area (Å²) in [6, 6.07) is 2.53. The zero-order valence-electron chi connectivity index (χ0n) is 19.9. The maximum Gasteiger partial charge on any atom is 0.343 e. The van der Waals surface area contributed by atoms with Crippen LogP contribution in [-0.4, -0.2) is 38.4 Å². The number of nitrogens with two attached hydrogens (primary N) is 1. The number of aliphatic hydroxyl groups excluding tert-OH is 1. The van der Waals surface area contributed by atoms with Gasteiger partial charge in [0.15, 0.2) is 5.60 Å². The molecule has 1 aliphatic carbocycles. The smallest absolute Gasteiger partial charge is 0.343 e. The molecule has 4 N–H and O–H groups in total. The third kappa shape index (κ3) is 3.06. The normalized spacial score (nSPS) is 22.4. The number of hydrogen-bond donors (Lipinski definition) is 3. The van der Waals surface area contributed by atoms with Gasteiger partial charge in [0.05, 0.1) is 35.6 Å². The number of esters is 1. The molecule has 190 valence electrons. The molecule has 2 aliphatic heterocycles. The molecule has 0 saturated carbocycles. The van der Waals surface area contributed by atoms with Crippen LogP contribution >= 0.6 is 12.4 Å². The fourth-order valence-corrected chi connectivity index (χ4v) is 6.15. The van der Waals surface area contributed by atoms with Crippen molar-refractivity contribution in [2.45, 2.75) is 63.8 Å². The molecule has 0 unspecified atom stereocenters. The molecule has 0 amide bonds. The summed E-state index contributed by atoms with van der Waals surface area (Å²) in [7, 11) is 0. The Kier molecular flexibility index (Phi) is 5.75. The van der Waals surface area contributed by atoms with Crippen LogP contribution in [-0.2, 0) is 34.7 Å². The van der Waals surface area contributed by atoms with Gasteiger partial charge in [-0.15, -0.1) is 12.4 Å². The van der Waals surface area contributed by atoms with Crippen LogP contribution in [0.4, 0.5) is 4.39 Å². The van der Waals surface area contributed by atoms with E-state index in [0.29, 0.717) is 35.3 Å². The van der Waals surface area contributed by atoms with Gasteiger partial charge in [-0.2, -0.15) is 0 Å². The summed E-state index contributed by atoms with van der Waals surface area (Å²) in [4.78, 5) is 30.8. The number of benzene rings is 1. The van der Waals surface area contributed by atoms with Gasteiger partial charge < -0.3 is 25.3 Å². The number of rotatable bonds is 3. The predicted octanol–water partition coefficient (Wildman–Crippen LogP) is 2.30. The van der Waals surface area contributed by atoms with Crippen LogP contribution in [0, 0.1) is 12.7 Å². The van der Waals surface area contributed by atoms with E-state index in [1.54, 1.807) is 24.5 Å². The van der Waals surface area contributed by atoms with Crippen LogP contribution < -0.4 is 11.3 Å². The summed E-state index contributed by atoms with van der Waals surface area (Å²) in [5.41, 5.74) is 9.15. The van der Waals surface area contributed by atoms with E-state index in [2.05, 4.69) is 0 Å². The number of fused-ring (bicyclic) bond motifs is 5. The monoisotopic (exact) mass is 515 g/mol. The Labute approximate surface area is 212 Å². The number of pyridine rings is 2. The first-order chi connectivity index (χ1) is 16.7.